The maximum absolute atomic E-state index is 13.7. The predicted octanol–water partition coefficient (Wildman–Crippen LogP) is 2.78. The average molecular weight is 444 g/mol. The van der Waals surface area contributed by atoms with E-state index in [0.717, 1.165) is 30.6 Å². The van der Waals surface area contributed by atoms with Gasteiger partial charge in [-0.3, -0.25) is 9.59 Å². The Bertz CT molecular complexity index is 868. The largest absolute Gasteiger partial charge is 0.487 e. The topological polar surface area (TPSA) is 93.9 Å². The number of benzene rings is 1. The molecule has 7 heteroatoms. The van der Waals surface area contributed by atoms with Gasteiger partial charge in [0.15, 0.2) is 0 Å². The first-order chi connectivity index (χ1) is 15.1. The summed E-state index contributed by atoms with van der Waals surface area (Å²) >= 11 is 0. The first-order valence-corrected chi connectivity index (χ1v) is 11.9. The summed E-state index contributed by atoms with van der Waals surface area (Å²) in [6, 6.07) is 6.83. The second kappa shape index (κ2) is 8.67. The van der Waals surface area contributed by atoms with Gasteiger partial charge in [0.2, 0.25) is 11.8 Å². The van der Waals surface area contributed by atoms with Crippen molar-refractivity contribution in [2.24, 2.45) is 17.6 Å². The Hall–Kier alpha value is -2.12. The quantitative estimate of drug-likeness (QED) is 0.746. The van der Waals surface area contributed by atoms with Crippen molar-refractivity contribution >= 4 is 11.8 Å². The highest BCUT2D eigenvalue weighted by molar-refractivity contribution is 5.90. The van der Waals surface area contributed by atoms with Crippen LogP contribution >= 0.6 is 0 Å². The summed E-state index contributed by atoms with van der Waals surface area (Å²) in [5, 5.41) is 2.87. The zero-order chi connectivity index (χ0) is 23.2. The number of amides is 2. The molecule has 0 bridgehead atoms. The third-order valence-electron chi connectivity index (χ3n) is 7.32. The van der Waals surface area contributed by atoms with Gasteiger partial charge in [-0.05, 0) is 52.0 Å². The molecule has 0 radical (unpaired) electrons. The summed E-state index contributed by atoms with van der Waals surface area (Å²) in [6.45, 7) is 10.4. The van der Waals surface area contributed by atoms with Crippen molar-refractivity contribution < 1.29 is 19.1 Å². The number of nitrogens with zero attached hydrogens (tertiary/aromatic N) is 1. The van der Waals surface area contributed by atoms with Crippen molar-refractivity contribution in [3.63, 3.8) is 0 Å². The molecule has 3 heterocycles. The lowest BCUT2D eigenvalue weighted by Gasteiger charge is -2.54. The van der Waals surface area contributed by atoms with Crippen molar-refractivity contribution in [3.05, 3.63) is 29.8 Å². The van der Waals surface area contributed by atoms with Crippen LogP contribution in [0.3, 0.4) is 0 Å². The Kier molecular flexibility index (Phi) is 6.25. The van der Waals surface area contributed by atoms with Crippen LogP contribution in [-0.4, -0.2) is 53.1 Å². The molecular formula is C25H37N3O4. The van der Waals surface area contributed by atoms with Crippen LogP contribution in [-0.2, 0) is 14.3 Å². The minimum Gasteiger partial charge on any atom is -0.487 e. The van der Waals surface area contributed by atoms with Gasteiger partial charge in [-0.2, -0.15) is 0 Å². The standard InChI is InChI=1S/C25H37N3O4/c1-14(2)21(27-23(29)15(3)26)24(30)28-12-8-11-20-18(28)13-17-22(31-20)16-9-6-7-10-19(16)32-25(17,4)5/h6-7,9-10,14-15,17-18,20-22H,8,11-13,26H2,1-5H3,(H,27,29)/t15-,17-,18-,20-,21-,22+/m0/s1. The summed E-state index contributed by atoms with van der Waals surface area (Å²) in [7, 11) is 0. The van der Waals surface area contributed by atoms with Gasteiger partial charge in [0, 0.05) is 18.0 Å². The van der Waals surface area contributed by atoms with E-state index in [0.29, 0.717) is 6.54 Å². The molecule has 1 aromatic rings. The van der Waals surface area contributed by atoms with Crippen molar-refractivity contribution in [1.82, 2.24) is 10.2 Å². The normalized spacial score (nSPS) is 30.3. The number of likely N-dealkylation sites (tertiary alicyclic amines) is 1. The maximum atomic E-state index is 13.7. The fourth-order valence-corrected chi connectivity index (χ4v) is 5.48. The molecule has 6 atom stereocenters. The van der Waals surface area contributed by atoms with E-state index in [-0.39, 0.29) is 41.9 Å². The minimum absolute atomic E-state index is 0.0205. The van der Waals surface area contributed by atoms with E-state index in [1.165, 1.54) is 0 Å². The van der Waals surface area contributed by atoms with Crippen LogP contribution in [0.1, 0.15) is 65.5 Å². The molecule has 0 aliphatic carbocycles. The maximum Gasteiger partial charge on any atom is 0.245 e. The molecule has 3 aliphatic heterocycles. The van der Waals surface area contributed by atoms with E-state index >= 15 is 0 Å². The van der Waals surface area contributed by atoms with E-state index in [9.17, 15) is 9.59 Å². The summed E-state index contributed by atoms with van der Waals surface area (Å²) in [4.78, 5) is 27.9. The number of ether oxygens (including phenoxy) is 2. The second-order valence-corrected chi connectivity index (χ2v) is 10.4. The smallest absolute Gasteiger partial charge is 0.245 e. The molecule has 0 spiro atoms. The Balaban J connectivity index is 1.59. The van der Waals surface area contributed by atoms with E-state index in [4.69, 9.17) is 15.2 Å². The van der Waals surface area contributed by atoms with Crippen LogP contribution in [0, 0.1) is 11.8 Å². The van der Waals surface area contributed by atoms with Crippen molar-refractivity contribution in [2.75, 3.05) is 6.54 Å². The molecule has 3 aliphatic rings. The van der Waals surface area contributed by atoms with Crippen LogP contribution in [0.25, 0.3) is 0 Å². The molecule has 0 aromatic heterocycles. The van der Waals surface area contributed by atoms with Crippen molar-refractivity contribution in [1.29, 1.82) is 0 Å². The highest BCUT2D eigenvalue weighted by atomic mass is 16.5. The molecule has 32 heavy (non-hydrogen) atoms. The summed E-state index contributed by atoms with van der Waals surface area (Å²) in [5.41, 5.74) is 6.43. The number of hydrogen-bond donors (Lipinski definition) is 2. The van der Waals surface area contributed by atoms with Crippen LogP contribution in [0.4, 0.5) is 0 Å². The molecule has 7 nitrogen and oxygen atoms in total. The van der Waals surface area contributed by atoms with Gasteiger partial charge < -0.3 is 25.4 Å². The first kappa shape index (κ1) is 23.1. The highest BCUT2D eigenvalue weighted by Gasteiger charge is 2.53. The molecule has 0 unspecified atom stereocenters. The number of carbonyl (C=O) groups is 2. The van der Waals surface area contributed by atoms with Gasteiger partial charge >= 0.3 is 0 Å². The van der Waals surface area contributed by atoms with Crippen molar-refractivity contribution in [3.8, 4) is 5.75 Å². The van der Waals surface area contributed by atoms with Gasteiger partial charge in [0.05, 0.1) is 24.3 Å². The van der Waals surface area contributed by atoms with Gasteiger partial charge in [-0.25, -0.2) is 0 Å². The number of nitrogens with two attached hydrogens (primary N) is 1. The molecule has 2 amide bonds. The van der Waals surface area contributed by atoms with Gasteiger partial charge in [-0.1, -0.05) is 32.0 Å². The minimum atomic E-state index is -0.655. The Morgan fingerprint density at radius 3 is 2.62 bits per heavy atom. The molecule has 2 saturated heterocycles. The number of carbonyl (C=O) groups excluding carboxylic acids is 2. The van der Waals surface area contributed by atoms with E-state index < -0.39 is 17.7 Å². The van der Waals surface area contributed by atoms with Gasteiger partial charge in [-0.15, -0.1) is 0 Å². The van der Waals surface area contributed by atoms with Crippen molar-refractivity contribution in [2.45, 2.75) is 89.8 Å². The average Bonchev–Trinajstić information content (AvgIpc) is 2.74. The predicted molar refractivity (Wildman–Crippen MR) is 122 cm³/mol. The monoisotopic (exact) mass is 443 g/mol. The Labute approximate surface area is 191 Å². The first-order valence-electron chi connectivity index (χ1n) is 11.9. The number of piperidine rings is 1. The number of nitrogens with one attached hydrogen (secondary N) is 1. The molecule has 0 saturated carbocycles. The van der Waals surface area contributed by atoms with E-state index in [2.05, 4.69) is 25.2 Å². The zero-order valence-corrected chi connectivity index (χ0v) is 19.8. The fraction of sp³-hybridized carbons (Fsp3) is 0.680. The molecule has 3 N–H and O–H groups in total. The number of fused-ring (bicyclic) bond motifs is 4. The van der Waals surface area contributed by atoms with E-state index in [1.54, 1.807) is 6.92 Å². The highest BCUT2D eigenvalue weighted by Crippen LogP contribution is 2.52. The second-order valence-electron chi connectivity index (χ2n) is 10.4. The van der Waals surface area contributed by atoms with Crippen LogP contribution in [0.2, 0.25) is 0 Å². The summed E-state index contributed by atoms with van der Waals surface area (Å²) in [5.74, 6) is 0.636. The fourth-order valence-electron chi connectivity index (χ4n) is 5.48. The summed E-state index contributed by atoms with van der Waals surface area (Å²) < 4.78 is 13.1. The number of rotatable bonds is 4. The molecular weight excluding hydrogens is 406 g/mol. The molecule has 2 fully saturated rings. The molecule has 176 valence electrons. The molecule has 4 rings (SSSR count). The van der Waals surface area contributed by atoms with Gasteiger partial charge in [0.25, 0.3) is 0 Å². The lowest BCUT2D eigenvalue weighted by atomic mass is 9.72. The van der Waals surface area contributed by atoms with E-state index in [1.807, 2.05) is 36.9 Å². The third-order valence-corrected chi connectivity index (χ3v) is 7.32. The lowest BCUT2D eigenvalue weighted by molar-refractivity contribution is -0.194. The number of para-hydroxylation sites is 1. The lowest BCUT2D eigenvalue weighted by Crippen LogP contribution is -2.63. The summed E-state index contributed by atoms with van der Waals surface area (Å²) in [6.07, 6.45) is 2.57. The number of hydrogen-bond acceptors (Lipinski definition) is 5. The SMILES string of the molecule is CC(C)[C@H](NC(=O)[C@H](C)N)C(=O)N1CCC[C@@H]2O[C@@H]3c4ccccc4OC(C)(C)[C@H]3C[C@@H]21. The zero-order valence-electron chi connectivity index (χ0n) is 19.8. The van der Waals surface area contributed by atoms with Crippen LogP contribution in [0.15, 0.2) is 24.3 Å². The third kappa shape index (κ3) is 4.13. The Morgan fingerprint density at radius 1 is 1.22 bits per heavy atom. The van der Waals surface area contributed by atoms with Gasteiger partial charge in [0.1, 0.15) is 17.4 Å². The van der Waals surface area contributed by atoms with Crippen LogP contribution < -0.4 is 15.8 Å². The van der Waals surface area contributed by atoms with Crippen LogP contribution in [0.5, 0.6) is 5.75 Å². The Morgan fingerprint density at radius 2 is 1.94 bits per heavy atom. The molecule has 1 aromatic carbocycles.